The molecule has 2 unspecified atom stereocenters. The van der Waals surface area contributed by atoms with E-state index in [4.69, 9.17) is 9.47 Å². The van der Waals surface area contributed by atoms with Crippen LogP contribution in [-0.4, -0.2) is 98.7 Å². The van der Waals surface area contributed by atoms with Crippen molar-refractivity contribution >= 4 is 5.91 Å². The number of carbonyl (C=O) groups is 1. The fourth-order valence-corrected chi connectivity index (χ4v) is 8.61. The zero-order chi connectivity index (χ0) is 43.9. The Morgan fingerprint density at radius 1 is 0.517 bits per heavy atom. The first-order valence-corrected chi connectivity index (χ1v) is 25.8. The van der Waals surface area contributed by atoms with Gasteiger partial charge in [-0.25, -0.2) is 0 Å². The van der Waals surface area contributed by atoms with Crippen LogP contribution < -0.4 is 5.32 Å². The van der Waals surface area contributed by atoms with Gasteiger partial charge in [-0.2, -0.15) is 0 Å². The van der Waals surface area contributed by atoms with E-state index in [9.17, 15) is 35.4 Å². The fraction of sp³-hybridized carbons (Fsp3) is 0.980. The minimum atomic E-state index is -1.60. The van der Waals surface area contributed by atoms with Gasteiger partial charge in [-0.05, 0) is 12.8 Å². The van der Waals surface area contributed by atoms with Gasteiger partial charge in [-0.1, -0.05) is 232 Å². The number of amides is 1. The summed E-state index contributed by atoms with van der Waals surface area (Å²) in [5.41, 5.74) is 0. The van der Waals surface area contributed by atoms with Crippen LogP contribution in [0.25, 0.3) is 0 Å². The van der Waals surface area contributed by atoms with E-state index in [1.807, 2.05) is 0 Å². The van der Waals surface area contributed by atoms with Gasteiger partial charge in [-0.15, -0.1) is 0 Å². The number of rotatable bonds is 44. The molecule has 0 aromatic heterocycles. The molecular weight excluding hydrogens is 759 g/mol. The number of aliphatic hydroxyl groups excluding tert-OH is 6. The number of hydrogen-bond acceptors (Lipinski definition) is 9. The summed E-state index contributed by atoms with van der Waals surface area (Å²) in [6.45, 7) is 3.63. The molecule has 1 saturated heterocycles. The predicted octanol–water partition coefficient (Wildman–Crippen LogP) is 10.5. The number of unbranched alkanes of at least 4 members (excludes halogenated alkanes) is 33. The average molecular weight is 858 g/mol. The Morgan fingerprint density at radius 3 is 1.23 bits per heavy atom. The van der Waals surface area contributed by atoms with Crippen molar-refractivity contribution in [1.82, 2.24) is 5.32 Å². The fourth-order valence-electron chi connectivity index (χ4n) is 8.61. The first kappa shape index (κ1) is 57.2. The molecule has 1 aliphatic heterocycles. The van der Waals surface area contributed by atoms with Gasteiger partial charge in [0.2, 0.25) is 5.91 Å². The van der Waals surface area contributed by atoms with Gasteiger partial charge >= 0.3 is 0 Å². The molecule has 60 heavy (non-hydrogen) atoms. The van der Waals surface area contributed by atoms with Crippen LogP contribution in [0.5, 0.6) is 0 Å². The molecule has 0 saturated carbocycles. The number of ether oxygens (including phenoxy) is 2. The van der Waals surface area contributed by atoms with E-state index in [0.29, 0.717) is 6.42 Å². The van der Waals surface area contributed by atoms with E-state index >= 15 is 0 Å². The van der Waals surface area contributed by atoms with Gasteiger partial charge in [0, 0.05) is 6.42 Å². The molecule has 0 radical (unpaired) electrons. The van der Waals surface area contributed by atoms with Gasteiger partial charge in [-0.3, -0.25) is 4.79 Å². The van der Waals surface area contributed by atoms with Crippen molar-refractivity contribution in [2.24, 2.45) is 0 Å². The first-order valence-electron chi connectivity index (χ1n) is 25.8. The molecule has 0 bridgehead atoms. The maximum atomic E-state index is 13.0. The molecule has 0 aliphatic carbocycles. The van der Waals surface area contributed by atoms with Crippen LogP contribution in [0.2, 0.25) is 0 Å². The second kappa shape index (κ2) is 40.9. The lowest BCUT2D eigenvalue weighted by molar-refractivity contribution is -0.303. The van der Waals surface area contributed by atoms with Crippen molar-refractivity contribution in [3.8, 4) is 0 Å². The third-order valence-corrected chi connectivity index (χ3v) is 12.8. The maximum absolute atomic E-state index is 13.0. The van der Waals surface area contributed by atoms with E-state index in [1.165, 1.54) is 186 Å². The monoisotopic (exact) mass is 858 g/mol. The smallest absolute Gasteiger partial charge is 0.220 e. The largest absolute Gasteiger partial charge is 0.394 e. The van der Waals surface area contributed by atoms with Gasteiger partial charge < -0.3 is 45.4 Å². The van der Waals surface area contributed by atoms with Crippen LogP contribution in [0, 0.1) is 0 Å². The maximum Gasteiger partial charge on any atom is 0.220 e. The molecule has 1 heterocycles. The molecule has 1 rings (SSSR count). The molecular formula is C50H99NO9. The molecule has 10 nitrogen and oxygen atoms in total. The van der Waals surface area contributed by atoms with Crippen molar-refractivity contribution < 1.29 is 44.9 Å². The van der Waals surface area contributed by atoms with Crippen molar-refractivity contribution in [2.75, 3.05) is 13.2 Å². The number of carbonyl (C=O) groups excluding carboxylic acids is 1. The number of hydrogen-bond donors (Lipinski definition) is 7. The summed E-state index contributed by atoms with van der Waals surface area (Å²) in [4.78, 5) is 13.0. The summed E-state index contributed by atoms with van der Waals surface area (Å²) in [7, 11) is 0. The zero-order valence-corrected chi connectivity index (χ0v) is 39.1. The highest BCUT2D eigenvalue weighted by Crippen LogP contribution is 2.23. The Bertz CT molecular complexity index is 926. The van der Waals surface area contributed by atoms with E-state index in [0.717, 1.165) is 38.5 Å². The van der Waals surface area contributed by atoms with Crippen LogP contribution in [0.15, 0.2) is 0 Å². The van der Waals surface area contributed by atoms with Crippen LogP contribution in [0.3, 0.4) is 0 Å². The Balaban J connectivity index is 2.26. The Hall–Kier alpha value is -0.850. The quantitative estimate of drug-likeness (QED) is 0.0295. The minimum absolute atomic E-state index is 0.252. The summed E-state index contributed by atoms with van der Waals surface area (Å²) in [5, 5.41) is 65.3. The van der Waals surface area contributed by atoms with Crippen LogP contribution in [0.1, 0.15) is 251 Å². The zero-order valence-electron chi connectivity index (χ0n) is 39.1. The second-order valence-corrected chi connectivity index (χ2v) is 18.5. The lowest BCUT2D eigenvalue weighted by Crippen LogP contribution is -2.60. The first-order chi connectivity index (χ1) is 29.3. The third-order valence-electron chi connectivity index (χ3n) is 12.8. The number of aliphatic hydroxyl groups is 6. The SMILES string of the molecule is CCCCCCCCCCCCCCCCCCCCCCCCCC(=O)N[C@@H](CO[C@H]1OC(CO)[C@@H](O)[C@H](O)C1O)[C@H](O)[C@H](O)CCCCCCCCCCCCCC. The van der Waals surface area contributed by atoms with Crippen molar-refractivity contribution in [3.63, 3.8) is 0 Å². The van der Waals surface area contributed by atoms with Crippen LogP contribution in [-0.2, 0) is 14.3 Å². The van der Waals surface area contributed by atoms with Gasteiger partial charge in [0.15, 0.2) is 6.29 Å². The molecule has 0 aromatic rings. The number of nitrogens with one attached hydrogen (secondary N) is 1. The highest BCUT2D eigenvalue weighted by Gasteiger charge is 2.44. The Kier molecular flexibility index (Phi) is 39.0. The Morgan fingerprint density at radius 2 is 0.867 bits per heavy atom. The molecule has 8 atom stereocenters. The lowest BCUT2D eigenvalue weighted by atomic mass is 9.98. The van der Waals surface area contributed by atoms with Crippen LogP contribution >= 0.6 is 0 Å². The molecule has 0 spiro atoms. The normalized spacial score (nSPS) is 21.0. The van der Waals surface area contributed by atoms with Gasteiger partial charge in [0.1, 0.15) is 30.5 Å². The lowest BCUT2D eigenvalue weighted by Gasteiger charge is -2.40. The molecule has 1 amide bonds. The van der Waals surface area contributed by atoms with Gasteiger partial charge in [0.25, 0.3) is 0 Å². The molecule has 10 heteroatoms. The minimum Gasteiger partial charge on any atom is -0.394 e. The van der Waals surface area contributed by atoms with Crippen LogP contribution in [0.4, 0.5) is 0 Å². The summed E-state index contributed by atoms with van der Waals surface area (Å²) in [5.74, 6) is -0.252. The Labute approximate surface area is 368 Å². The van der Waals surface area contributed by atoms with Crippen molar-refractivity contribution in [2.45, 2.75) is 300 Å². The summed E-state index contributed by atoms with van der Waals surface area (Å²) in [6.07, 6.45) is 35.5. The summed E-state index contributed by atoms with van der Waals surface area (Å²) >= 11 is 0. The predicted molar refractivity (Wildman–Crippen MR) is 246 cm³/mol. The highest BCUT2D eigenvalue weighted by molar-refractivity contribution is 5.76. The topological polar surface area (TPSA) is 169 Å². The third kappa shape index (κ3) is 30.3. The highest BCUT2D eigenvalue weighted by atomic mass is 16.7. The van der Waals surface area contributed by atoms with E-state index in [-0.39, 0.29) is 18.9 Å². The summed E-state index contributed by atoms with van der Waals surface area (Å²) in [6, 6.07) is -0.985. The van der Waals surface area contributed by atoms with E-state index in [2.05, 4.69) is 19.2 Å². The molecule has 1 aliphatic rings. The van der Waals surface area contributed by atoms with E-state index in [1.54, 1.807) is 0 Å². The summed E-state index contributed by atoms with van der Waals surface area (Å²) < 4.78 is 11.2. The average Bonchev–Trinajstić information content (AvgIpc) is 3.25. The van der Waals surface area contributed by atoms with Crippen molar-refractivity contribution in [1.29, 1.82) is 0 Å². The second-order valence-electron chi connectivity index (χ2n) is 18.5. The molecule has 1 fully saturated rings. The van der Waals surface area contributed by atoms with Crippen molar-refractivity contribution in [3.05, 3.63) is 0 Å². The standard InChI is InChI=1S/C50H99NO9/c1-3-5-7-9-11-13-15-17-18-19-20-21-22-23-24-25-26-27-29-31-33-35-37-39-45(54)51-42(41-59-50-49(58)48(57)47(56)44(40-52)60-50)46(55)43(53)38-36-34-32-30-28-16-14-12-10-8-6-4-2/h42-44,46-50,52-53,55-58H,3-41H2,1-2H3,(H,51,54)/t42-,43+,44?,46-,47+,48-,49?,50-/m0/s1. The molecule has 0 aromatic carbocycles. The molecule has 7 N–H and O–H groups in total. The van der Waals surface area contributed by atoms with Gasteiger partial charge in [0.05, 0.1) is 25.4 Å². The van der Waals surface area contributed by atoms with E-state index < -0.39 is 55.6 Å². The molecule has 358 valence electrons.